The maximum Gasteiger partial charge on any atom is 0.0880 e. The Balaban J connectivity index is 2.66. The summed E-state index contributed by atoms with van der Waals surface area (Å²) in [5.74, 6) is 2.40. The topological polar surface area (TPSA) is 9.23 Å². The van der Waals surface area contributed by atoms with E-state index >= 15 is 0 Å². The second-order valence-electron chi connectivity index (χ2n) is 1.59. The number of thioether (sulfide) groups is 1. The molecule has 0 fully saturated rings. The lowest BCUT2D eigenvalue weighted by atomic mass is 10.5. The van der Waals surface area contributed by atoms with E-state index in [4.69, 9.17) is 4.74 Å². The summed E-state index contributed by atoms with van der Waals surface area (Å²) >= 11 is 1.94. The molecule has 0 rings (SSSR count). The number of ether oxygens (including phenoxy) is 1. The molecule has 0 spiro atoms. The minimum atomic E-state index is 0.816. The van der Waals surface area contributed by atoms with Gasteiger partial charge in [-0.05, 0) is 17.9 Å². The first kappa shape index (κ1) is 8.89. The van der Waals surface area contributed by atoms with Crippen molar-refractivity contribution in [3.05, 3.63) is 12.8 Å². The van der Waals surface area contributed by atoms with Crippen molar-refractivity contribution >= 4 is 11.8 Å². The van der Waals surface area contributed by atoms with Crippen LogP contribution in [-0.4, -0.2) is 18.1 Å². The molecule has 0 heterocycles. The van der Waals surface area contributed by atoms with E-state index in [2.05, 4.69) is 13.5 Å². The Morgan fingerprint density at radius 2 is 2.44 bits per heavy atom. The molecule has 0 aromatic rings. The van der Waals surface area contributed by atoms with E-state index in [1.165, 1.54) is 17.8 Å². The smallest absolute Gasteiger partial charge is 0.0880 e. The molecule has 0 bridgehead atoms. The van der Waals surface area contributed by atoms with Gasteiger partial charge in [-0.2, -0.15) is 11.8 Å². The highest BCUT2D eigenvalue weighted by Gasteiger charge is 1.84. The molecular weight excluding hydrogens is 132 g/mol. The monoisotopic (exact) mass is 146 g/mol. The maximum atomic E-state index is 4.93. The molecule has 2 heteroatoms. The van der Waals surface area contributed by atoms with Crippen LogP contribution in [0.2, 0.25) is 0 Å². The van der Waals surface area contributed by atoms with Crippen molar-refractivity contribution in [3.63, 3.8) is 0 Å². The number of hydrogen-bond acceptors (Lipinski definition) is 2. The molecular formula is C7H14OS. The van der Waals surface area contributed by atoms with E-state index in [-0.39, 0.29) is 0 Å². The summed E-state index contributed by atoms with van der Waals surface area (Å²) in [5, 5.41) is 0. The van der Waals surface area contributed by atoms with Gasteiger partial charge in [0.1, 0.15) is 0 Å². The van der Waals surface area contributed by atoms with E-state index in [0.717, 1.165) is 13.0 Å². The van der Waals surface area contributed by atoms with Crippen LogP contribution in [0.25, 0.3) is 0 Å². The lowest BCUT2D eigenvalue weighted by molar-refractivity contribution is 0.252. The first-order valence-electron chi connectivity index (χ1n) is 3.22. The zero-order valence-electron chi connectivity index (χ0n) is 5.93. The van der Waals surface area contributed by atoms with Gasteiger partial charge < -0.3 is 4.74 Å². The van der Waals surface area contributed by atoms with Gasteiger partial charge in [0.2, 0.25) is 0 Å². The molecule has 9 heavy (non-hydrogen) atoms. The Labute approximate surface area is 61.5 Å². The molecule has 0 N–H and O–H groups in total. The molecule has 0 aliphatic rings. The molecule has 1 nitrogen and oxygen atoms in total. The quantitative estimate of drug-likeness (QED) is 0.420. The Hall–Kier alpha value is -0.110. The highest BCUT2D eigenvalue weighted by molar-refractivity contribution is 7.99. The van der Waals surface area contributed by atoms with E-state index in [0.29, 0.717) is 0 Å². The second-order valence-corrected chi connectivity index (χ2v) is 2.98. The Bertz CT molecular complexity index is 63.9. The third kappa shape index (κ3) is 7.89. The van der Waals surface area contributed by atoms with Gasteiger partial charge in [-0.3, -0.25) is 0 Å². The first-order valence-corrected chi connectivity index (χ1v) is 4.37. The van der Waals surface area contributed by atoms with Crippen LogP contribution in [0.1, 0.15) is 13.3 Å². The minimum Gasteiger partial charge on any atom is -0.502 e. The third-order valence-corrected chi connectivity index (χ3v) is 1.86. The maximum absolute atomic E-state index is 4.93. The SMILES string of the molecule is C=COCCCSCC. The predicted molar refractivity (Wildman–Crippen MR) is 43.8 cm³/mol. The van der Waals surface area contributed by atoms with Crippen molar-refractivity contribution in [2.24, 2.45) is 0 Å². The zero-order chi connectivity index (χ0) is 6.95. The van der Waals surface area contributed by atoms with Crippen molar-refractivity contribution in [3.8, 4) is 0 Å². The van der Waals surface area contributed by atoms with Crippen LogP contribution in [0, 0.1) is 0 Å². The van der Waals surface area contributed by atoms with Crippen molar-refractivity contribution < 1.29 is 4.74 Å². The first-order chi connectivity index (χ1) is 4.41. The highest BCUT2D eigenvalue weighted by atomic mass is 32.2. The van der Waals surface area contributed by atoms with Crippen LogP contribution < -0.4 is 0 Å². The molecule has 54 valence electrons. The summed E-state index contributed by atoms with van der Waals surface area (Å²) in [4.78, 5) is 0. The van der Waals surface area contributed by atoms with Crippen LogP contribution in [0.4, 0.5) is 0 Å². The average molecular weight is 146 g/mol. The summed E-state index contributed by atoms with van der Waals surface area (Å²) in [6.07, 6.45) is 2.63. The minimum absolute atomic E-state index is 0.816. The van der Waals surface area contributed by atoms with Gasteiger partial charge in [0, 0.05) is 0 Å². The molecule has 0 radical (unpaired) electrons. The number of rotatable bonds is 6. The molecule has 0 amide bonds. The largest absolute Gasteiger partial charge is 0.502 e. The van der Waals surface area contributed by atoms with Crippen molar-refractivity contribution in [2.75, 3.05) is 18.1 Å². The van der Waals surface area contributed by atoms with Gasteiger partial charge in [-0.25, -0.2) is 0 Å². The van der Waals surface area contributed by atoms with E-state index in [9.17, 15) is 0 Å². The summed E-state index contributed by atoms with van der Waals surface area (Å²) in [6, 6.07) is 0. The van der Waals surface area contributed by atoms with E-state index in [1.54, 1.807) is 0 Å². The standard InChI is InChI=1S/C7H14OS/c1-3-8-6-5-7-9-4-2/h3H,1,4-7H2,2H3. The van der Waals surface area contributed by atoms with Crippen LogP contribution in [0.5, 0.6) is 0 Å². The molecule has 0 unspecified atom stereocenters. The van der Waals surface area contributed by atoms with Crippen molar-refractivity contribution in [1.29, 1.82) is 0 Å². The van der Waals surface area contributed by atoms with Gasteiger partial charge in [0.05, 0.1) is 12.9 Å². The van der Waals surface area contributed by atoms with Gasteiger partial charge in [-0.15, -0.1) is 0 Å². The summed E-state index contributed by atoms with van der Waals surface area (Å²) in [5.41, 5.74) is 0. The molecule has 0 aliphatic carbocycles. The Kier molecular flexibility index (Phi) is 7.79. The fraction of sp³-hybridized carbons (Fsp3) is 0.714. The molecule has 0 aliphatic heterocycles. The lowest BCUT2D eigenvalue weighted by Crippen LogP contribution is -1.89. The molecule has 0 aromatic carbocycles. The van der Waals surface area contributed by atoms with Crippen molar-refractivity contribution in [2.45, 2.75) is 13.3 Å². The molecule has 0 aromatic heterocycles. The lowest BCUT2D eigenvalue weighted by Gasteiger charge is -1.97. The highest BCUT2D eigenvalue weighted by Crippen LogP contribution is 2.00. The van der Waals surface area contributed by atoms with Crippen LogP contribution in [0.15, 0.2) is 12.8 Å². The molecule has 0 atom stereocenters. The van der Waals surface area contributed by atoms with Gasteiger partial charge in [0.25, 0.3) is 0 Å². The van der Waals surface area contributed by atoms with Crippen LogP contribution >= 0.6 is 11.8 Å². The van der Waals surface area contributed by atoms with Crippen LogP contribution in [0.3, 0.4) is 0 Å². The predicted octanol–water partition coefficient (Wildman–Crippen LogP) is 2.29. The van der Waals surface area contributed by atoms with E-state index in [1.807, 2.05) is 11.8 Å². The average Bonchev–Trinajstić information content (AvgIpc) is 1.89. The van der Waals surface area contributed by atoms with Crippen LogP contribution in [-0.2, 0) is 4.74 Å². The van der Waals surface area contributed by atoms with Crippen molar-refractivity contribution in [1.82, 2.24) is 0 Å². The fourth-order valence-corrected chi connectivity index (χ4v) is 1.08. The zero-order valence-corrected chi connectivity index (χ0v) is 6.75. The third-order valence-electron chi connectivity index (χ3n) is 0.873. The molecule has 0 saturated carbocycles. The fourth-order valence-electron chi connectivity index (χ4n) is 0.472. The summed E-state index contributed by atoms with van der Waals surface area (Å²) in [6.45, 7) is 6.43. The Morgan fingerprint density at radius 3 is 3.00 bits per heavy atom. The second kappa shape index (κ2) is 7.89. The Morgan fingerprint density at radius 1 is 1.67 bits per heavy atom. The molecule has 0 saturated heterocycles. The van der Waals surface area contributed by atoms with Gasteiger partial charge in [-0.1, -0.05) is 13.5 Å². The van der Waals surface area contributed by atoms with Gasteiger partial charge in [0.15, 0.2) is 0 Å². The summed E-state index contributed by atoms with van der Waals surface area (Å²) < 4.78 is 4.93. The van der Waals surface area contributed by atoms with Gasteiger partial charge >= 0.3 is 0 Å². The summed E-state index contributed by atoms with van der Waals surface area (Å²) in [7, 11) is 0. The normalized spacial score (nSPS) is 9.00. The number of hydrogen-bond donors (Lipinski definition) is 0. The van der Waals surface area contributed by atoms with E-state index < -0.39 is 0 Å².